The van der Waals surface area contributed by atoms with Crippen LogP contribution in [0.5, 0.6) is 0 Å². The van der Waals surface area contributed by atoms with Crippen LogP contribution in [0.2, 0.25) is 10.0 Å². The number of amides is 1. The highest BCUT2D eigenvalue weighted by atomic mass is 35.5. The normalized spacial score (nSPS) is 11.0. The summed E-state index contributed by atoms with van der Waals surface area (Å²) < 4.78 is 0. The van der Waals surface area contributed by atoms with Crippen LogP contribution in [-0.4, -0.2) is 36.4 Å². The van der Waals surface area contributed by atoms with Gasteiger partial charge in [-0.25, -0.2) is 5.43 Å². The third-order valence-corrected chi connectivity index (χ3v) is 4.21. The van der Waals surface area contributed by atoms with Crippen LogP contribution in [0.15, 0.2) is 53.6 Å². The van der Waals surface area contributed by atoms with Crippen LogP contribution in [0.3, 0.4) is 0 Å². The fourth-order valence-corrected chi connectivity index (χ4v) is 2.90. The second-order valence-electron chi connectivity index (χ2n) is 6.01. The predicted molar refractivity (Wildman–Crippen MR) is 110 cm³/mol. The van der Waals surface area contributed by atoms with E-state index in [1.807, 2.05) is 43.3 Å². The van der Waals surface area contributed by atoms with E-state index < -0.39 is 5.91 Å². The Morgan fingerprint density at radius 3 is 2.41 bits per heavy atom. The van der Waals surface area contributed by atoms with E-state index in [2.05, 4.69) is 20.7 Å². The molecule has 0 atom stereocenters. The summed E-state index contributed by atoms with van der Waals surface area (Å²) in [6, 6.07) is 14.5. The van der Waals surface area contributed by atoms with Crippen molar-refractivity contribution in [3.63, 3.8) is 0 Å². The number of anilines is 1. The third kappa shape index (κ3) is 4.87. The number of carbonyl (C=O) groups excluding carboxylic acids is 1. The molecular formula is C19H17Cl2N5O. The van der Waals surface area contributed by atoms with E-state index >= 15 is 0 Å². The zero-order valence-corrected chi connectivity index (χ0v) is 16.2. The zero-order chi connectivity index (χ0) is 19.4. The molecule has 0 aliphatic rings. The topological polar surface area (TPSA) is 73.4 Å². The lowest BCUT2D eigenvalue weighted by Gasteiger charge is -2.11. The first kappa shape index (κ1) is 18.9. The van der Waals surface area contributed by atoms with Crippen molar-refractivity contribution in [1.82, 2.24) is 15.6 Å². The summed E-state index contributed by atoms with van der Waals surface area (Å²) in [6.07, 6.45) is 1.57. The van der Waals surface area contributed by atoms with Gasteiger partial charge in [0.2, 0.25) is 0 Å². The number of rotatable bonds is 5. The zero-order valence-electron chi connectivity index (χ0n) is 14.7. The van der Waals surface area contributed by atoms with E-state index in [9.17, 15) is 4.79 Å². The fourth-order valence-electron chi connectivity index (χ4n) is 2.37. The second kappa shape index (κ2) is 8.24. The lowest BCUT2D eigenvalue weighted by molar-refractivity contribution is 0.0950. The number of hydrogen-bond donors (Lipinski definition) is 2. The number of aromatic amines is 1. The van der Waals surface area contributed by atoms with Gasteiger partial charge in [-0.3, -0.25) is 9.89 Å². The highest BCUT2D eigenvalue weighted by molar-refractivity contribution is 6.35. The van der Waals surface area contributed by atoms with Gasteiger partial charge in [-0.05, 0) is 42.0 Å². The first-order valence-corrected chi connectivity index (χ1v) is 8.80. The molecule has 0 fully saturated rings. The van der Waals surface area contributed by atoms with Crippen LogP contribution in [-0.2, 0) is 0 Å². The van der Waals surface area contributed by atoms with Crippen LogP contribution in [0, 0.1) is 0 Å². The Labute approximate surface area is 166 Å². The molecule has 27 heavy (non-hydrogen) atoms. The number of carbonyl (C=O) groups is 1. The van der Waals surface area contributed by atoms with Crippen molar-refractivity contribution in [2.24, 2.45) is 5.10 Å². The molecule has 0 unspecified atom stereocenters. The molecular weight excluding hydrogens is 385 g/mol. The molecule has 8 heteroatoms. The molecule has 1 amide bonds. The van der Waals surface area contributed by atoms with E-state index in [0.717, 1.165) is 11.3 Å². The molecule has 2 aromatic carbocycles. The average molecular weight is 402 g/mol. The second-order valence-corrected chi connectivity index (χ2v) is 6.88. The maximum Gasteiger partial charge on any atom is 0.289 e. The Bertz CT molecular complexity index is 960. The lowest BCUT2D eigenvalue weighted by Crippen LogP contribution is -2.18. The lowest BCUT2D eigenvalue weighted by atomic mass is 10.1. The minimum Gasteiger partial charge on any atom is -0.378 e. The summed E-state index contributed by atoms with van der Waals surface area (Å²) >= 11 is 12.0. The minimum absolute atomic E-state index is 0.279. The third-order valence-electron chi connectivity index (χ3n) is 3.77. The van der Waals surface area contributed by atoms with Crippen molar-refractivity contribution in [2.75, 3.05) is 19.0 Å². The summed E-state index contributed by atoms with van der Waals surface area (Å²) in [7, 11) is 3.94. The predicted octanol–water partition coefficient (Wildman–Crippen LogP) is 4.21. The number of benzene rings is 2. The van der Waals surface area contributed by atoms with Gasteiger partial charge in [-0.15, -0.1) is 0 Å². The molecule has 0 radical (unpaired) electrons. The van der Waals surface area contributed by atoms with E-state index in [1.165, 1.54) is 0 Å². The van der Waals surface area contributed by atoms with Crippen molar-refractivity contribution in [2.45, 2.75) is 0 Å². The van der Waals surface area contributed by atoms with Gasteiger partial charge in [0, 0.05) is 35.4 Å². The number of nitrogens with zero attached hydrogens (tertiary/aromatic N) is 3. The minimum atomic E-state index is -0.400. The van der Waals surface area contributed by atoms with Crippen LogP contribution in [0.4, 0.5) is 5.69 Å². The molecule has 0 saturated heterocycles. The van der Waals surface area contributed by atoms with Gasteiger partial charge in [-0.1, -0.05) is 35.3 Å². The maximum absolute atomic E-state index is 12.2. The van der Waals surface area contributed by atoms with Crippen LogP contribution in [0.25, 0.3) is 11.3 Å². The van der Waals surface area contributed by atoms with Gasteiger partial charge in [0.25, 0.3) is 5.91 Å². The summed E-state index contributed by atoms with van der Waals surface area (Å²) in [5.41, 5.74) is 5.99. The molecule has 3 aromatic rings. The molecule has 2 N–H and O–H groups in total. The van der Waals surface area contributed by atoms with E-state index in [0.29, 0.717) is 21.3 Å². The summed E-state index contributed by atoms with van der Waals surface area (Å²) in [4.78, 5) is 14.2. The fraction of sp³-hybridized carbons (Fsp3) is 0.105. The summed E-state index contributed by atoms with van der Waals surface area (Å²) in [6.45, 7) is 0. The highest BCUT2D eigenvalue weighted by Gasteiger charge is 2.11. The van der Waals surface area contributed by atoms with Crippen molar-refractivity contribution < 1.29 is 4.79 Å². The van der Waals surface area contributed by atoms with Gasteiger partial charge < -0.3 is 4.90 Å². The average Bonchev–Trinajstić information content (AvgIpc) is 3.11. The van der Waals surface area contributed by atoms with Crippen molar-refractivity contribution in [3.8, 4) is 11.3 Å². The van der Waals surface area contributed by atoms with Gasteiger partial charge in [0.05, 0.1) is 11.9 Å². The Morgan fingerprint density at radius 1 is 1.11 bits per heavy atom. The number of hydrazone groups is 1. The Morgan fingerprint density at radius 2 is 1.78 bits per heavy atom. The highest BCUT2D eigenvalue weighted by Crippen LogP contribution is 2.26. The van der Waals surface area contributed by atoms with E-state index in [1.54, 1.807) is 30.5 Å². The van der Waals surface area contributed by atoms with Gasteiger partial charge >= 0.3 is 0 Å². The van der Waals surface area contributed by atoms with E-state index in [-0.39, 0.29) is 5.69 Å². The molecule has 1 aromatic heterocycles. The Kier molecular flexibility index (Phi) is 5.78. The van der Waals surface area contributed by atoms with Crippen LogP contribution < -0.4 is 10.3 Å². The van der Waals surface area contributed by atoms with Crippen LogP contribution in [0.1, 0.15) is 16.1 Å². The molecule has 0 aliphatic heterocycles. The molecule has 1 heterocycles. The molecule has 0 aliphatic carbocycles. The molecule has 0 spiro atoms. The van der Waals surface area contributed by atoms with Gasteiger partial charge in [-0.2, -0.15) is 10.2 Å². The first-order valence-electron chi connectivity index (χ1n) is 8.05. The largest absolute Gasteiger partial charge is 0.378 e. The number of hydrogen-bond acceptors (Lipinski definition) is 4. The van der Waals surface area contributed by atoms with Crippen molar-refractivity contribution in [1.29, 1.82) is 0 Å². The molecule has 0 bridgehead atoms. The SMILES string of the molecule is CN(C)c1ccc(C=NNC(=O)c2cc(-c3cc(Cl)cc(Cl)c3)n[nH]2)cc1. The number of halogens is 2. The molecule has 138 valence electrons. The summed E-state index contributed by atoms with van der Waals surface area (Å²) in [5.74, 6) is -0.400. The Hall–Kier alpha value is -2.83. The van der Waals surface area contributed by atoms with Crippen LogP contribution >= 0.6 is 23.2 Å². The number of aromatic nitrogens is 2. The number of nitrogens with one attached hydrogen (secondary N) is 2. The van der Waals surface area contributed by atoms with Crippen molar-refractivity contribution >= 4 is 41.0 Å². The quantitative estimate of drug-likeness (QED) is 0.496. The van der Waals surface area contributed by atoms with E-state index in [4.69, 9.17) is 23.2 Å². The molecule has 3 rings (SSSR count). The first-order chi connectivity index (χ1) is 12.9. The Balaban J connectivity index is 1.65. The smallest absolute Gasteiger partial charge is 0.289 e. The van der Waals surface area contributed by atoms with Crippen molar-refractivity contribution in [3.05, 3.63) is 69.8 Å². The van der Waals surface area contributed by atoms with Gasteiger partial charge in [0.15, 0.2) is 0 Å². The monoisotopic (exact) mass is 401 g/mol. The molecule has 0 saturated carbocycles. The molecule has 6 nitrogen and oxygen atoms in total. The summed E-state index contributed by atoms with van der Waals surface area (Å²) in [5, 5.41) is 11.8. The standard InChI is InChI=1S/C19H17Cl2N5O/c1-26(2)16-5-3-12(4-6-16)11-22-25-19(27)18-10-17(23-24-18)13-7-14(20)9-15(21)8-13/h3-11H,1-2H3,(H,23,24)(H,25,27). The maximum atomic E-state index is 12.2. The van der Waals surface area contributed by atoms with Gasteiger partial charge in [0.1, 0.15) is 5.69 Å². The number of H-pyrrole nitrogens is 1.